The van der Waals surface area contributed by atoms with Crippen molar-refractivity contribution < 1.29 is 8.39 Å². The molecular weight excluding hydrogens is 220 g/mol. The predicted octanol–water partition coefficient (Wildman–Crippen LogP) is 3.22. The van der Waals surface area contributed by atoms with Crippen molar-refractivity contribution in [2.75, 3.05) is 6.61 Å². The Kier molecular flexibility index (Phi) is 4.13. The summed E-state index contributed by atoms with van der Waals surface area (Å²) in [6.07, 6.45) is 5.05. The van der Waals surface area contributed by atoms with E-state index in [9.17, 15) is 4.21 Å². The molecule has 2 rings (SSSR count). The van der Waals surface area contributed by atoms with Crippen molar-refractivity contribution in [1.82, 2.24) is 0 Å². The molecule has 1 aliphatic rings. The average Bonchev–Trinajstić information content (AvgIpc) is 2.22. The van der Waals surface area contributed by atoms with E-state index in [-0.39, 0.29) is 0 Å². The number of benzene rings is 1. The van der Waals surface area contributed by atoms with E-state index in [0.29, 0.717) is 6.61 Å². The van der Waals surface area contributed by atoms with Crippen LogP contribution in [0, 0.1) is 12.8 Å². The van der Waals surface area contributed by atoms with Gasteiger partial charge in [-0.25, -0.2) is 4.21 Å². The van der Waals surface area contributed by atoms with E-state index in [1.54, 1.807) is 0 Å². The Morgan fingerprint density at radius 1 is 1.31 bits per heavy atom. The molecule has 0 spiro atoms. The molecule has 2 nitrogen and oxygen atoms in total. The normalized spacial score (nSPS) is 18.1. The maximum absolute atomic E-state index is 11.7. The quantitative estimate of drug-likeness (QED) is 0.787. The Bertz CT molecular complexity index is 355. The molecule has 16 heavy (non-hydrogen) atoms. The maximum Gasteiger partial charge on any atom is 0.189 e. The molecule has 0 aliphatic heterocycles. The van der Waals surface area contributed by atoms with Crippen LogP contribution < -0.4 is 0 Å². The van der Waals surface area contributed by atoms with Crippen LogP contribution in [0.3, 0.4) is 0 Å². The predicted molar refractivity (Wildman–Crippen MR) is 65.5 cm³/mol. The van der Waals surface area contributed by atoms with Crippen LogP contribution >= 0.6 is 0 Å². The van der Waals surface area contributed by atoms with Crippen molar-refractivity contribution in [3.05, 3.63) is 29.8 Å². The minimum atomic E-state index is -1.29. The first kappa shape index (κ1) is 11.8. The van der Waals surface area contributed by atoms with E-state index >= 15 is 0 Å². The summed E-state index contributed by atoms with van der Waals surface area (Å²) in [6, 6.07) is 7.66. The lowest BCUT2D eigenvalue weighted by Crippen LogP contribution is -2.14. The van der Waals surface area contributed by atoms with E-state index in [0.717, 1.165) is 17.2 Å². The van der Waals surface area contributed by atoms with Crippen LogP contribution in [-0.4, -0.2) is 10.8 Å². The van der Waals surface area contributed by atoms with Gasteiger partial charge in [0.05, 0.1) is 11.5 Å². The van der Waals surface area contributed by atoms with Crippen LogP contribution in [0.4, 0.5) is 0 Å². The highest BCUT2D eigenvalue weighted by molar-refractivity contribution is 7.80. The van der Waals surface area contributed by atoms with Crippen LogP contribution in [0.5, 0.6) is 0 Å². The molecule has 0 amide bonds. The molecule has 1 aliphatic carbocycles. The molecule has 3 heteroatoms. The molecule has 1 atom stereocenters. The van der Waals surface area contributed by atoms with Crippen molar-refractivity contribution in [1.29, 1.82) is 0 Å². The second-order valence-corrected chi connectivity index (χ2v) is 5.63. The summed E-state index contributed by atoms with van der Waals surface area (Å²) in [4.78, 5) is 0.763. The third kappa shape index (κ3) is 3.16. The molecule has 0 N–H and O–H groups in total. The first-order valence-corrected chi connectivity index (χ1v) is 6.95. The van der Waals surface area contributed by atoms with Gasteiger partial charge in [0.2, 0.25) is 0 Å². The van der Waals surface area contributed by atoms with Gasteiger partial charge >= 0.3 is 0 Å². The van der Waals surface area contributed by atoms with Crippen molar-refractivity contribution in [3.8, 4) is 0 Å². The van der Waals surface area contributed by atoms with E-state index < -0.39 is 11.1 Å². The van der Waals surface area contributed by atoms with E-state index in [4.69, 9.17) is 4.18 Å². The summed E-state index contributed by atoms with van der Waals surface area (Å²) in [6.45, 7) is 2.63. The van der Waals surface area contributed by atoms with Crippen molar-refractivity contribution in [2.24, 2.45) is 5.92 Å². The summed E-state index contributed by atoms with van der Waals surface area (Å²) >= 11 is -1.29. The van der Waals surface area contributed by atoms with E-state index in [1.807, 2.05) is 31.2 Å². The summed E-state index contributed by atoms with van der Waals surface area (Å²) in [5, 5.41) is 0. The first-order valence-electron chi connectivity index (χ1n) is 5.87. The third-order valence-corrected chi connectivity index (χ3v) is 4.19. The lowest BCUT2D eigenvalue weighted by atomic mass is 9.83. The summed E-state index contributed by atoms with van der Waals surface area (Å²) in [5.74, 6) is 0.815. The van der Waals surface area contributed by atoms with Gasteiger partial charge in [-0.05, 0) is 31.4 Å². The molecule has 0 saturated heterocycles. The molecule has 0 radical (unpaired) electrons. The summed E-state index contributed by atoms with van der Waals surface area (Å²) in [7, 11) is 0. The minimum Gasteiger partial charge on any atom is -0.287 e. The van der Waals surface area contributed by atoms with E-state index in [1.165, 1.54) is 24.8 Å². The fourth-order valence-corrected chi connectivity index (χ4v) is 2.53. The monoisotopic (exact) mass is 238 g/mol. The second kappa shape index (κ2) is 5.60. The topological polar surface area (TPSA) is 26.3 Å². The lowest BCUT2D eigenvalue weighted by molar-refractivity contribution is 0.234. The maximum atomic E-state index is 11.7. The zero-order valence-electron chi connectivity index (χ0n) is 9.65. The van der Waals surface area contributed by atoms with Crippen LogP contribution in [0.15, 0.2) is 29.2 Å². The van der Waals surface area contributed by atoms with Gasteiger partial charge in [0.15, 0.2) is 11.1 Å². The summed E-state index contributed by atoms with van der Waals surface area (Å²) < 4.78 is 17.1. The minimum absolute atomic E-state index is 0.616. The fourth-order valence-electron chi connectivity index (χ4n) is 1.79. The number of hydrogen-bond donors (Lipinski definition) is 0. The fraction of sp³-hybridized carbons (Fsp3) is 0.538. The highest BCUT2D eigenvalue weighted by Gasteiger charge is 2.17. The van der Waals surface area contributed by atoms with Gasteiger partial charge in [-0.15, -0.1) is 0 Å². The number of hydrogen-bond acceptors (Lipinski definition) is 2. The summed E-state index contributed by atoms with van der Waals surface area (Å²) in [5.41, 5.74) is 1.18. The van der Waals surface area contributed by atoms with Crippen LogP contribution in [0.25, 0.3) is 0 Å². The Balaban J connectivity index is 1.76. The number of rotatable bonds is 5. The SMILES string of the molecule is Cc1ccc(S(=O)OCCC2CCC2)cc1. The van der Waals surface area contributed by atoms with Crippen molar-refractivity contribution in [2.45, 2.75) is 37.5 Å². The molecule has 1 saturated carbocycles. The zero-order chi connectivity index (χ0) is 11.4. The second-order valence-electron chi connectivity index (χ2n) is 4.46. The molecule has 0 bridgehead atoms. The molecule has 1 aromatic carbocycles. The molecular formula is C13H18O2S. The first-order chi connectivity index (χ1) is 7.75. The van der Waals surface area contributed by atoms with Gasteiger partial charge in [0, 0.05) is 0 Å². The lowest BCUT2D eigenvalue weighted by Gasteiger charge is -2.24. The van der Waals surface area contributed by atoms with Gasteiger partial charge in [-0.3, -0.25) is 4.18 Å². The van der Waals surface area contributed by atoms with Gasteiger partial charge < -0.3 is 0 Å². The largest absolute Gasteiger partial charge is 0.287 e. The Morgan fingerprint density at radius 2 is 2.00 bits per heavy atom. The van der Waals surface area contributed by atoms with Crippen molar-refractivity contribution >= 4 is 11.1 Å². The van der Waals surface area contributed by atoms with Gasteiger partial charge in [0.25, 0.3) is 0 Å². The van der Waals surface area contributed by atoms with Crippen molar-refractivity contribution in [3.63, 3.8) is 0 Å². The Hall–Kier alpha value is -0.670. The highest BCUT2D eigenvalue weighted by Crippen LogP contribution is 2.29. The Morgan fingerprint density at radius 3 is 2.56 bits per heavy atom. The molecule has 1 aromatic rings. The smallest absolute Gasteiger partial charge is 0.189 e. The van der Waals surface area contributed by atoms with Crippen LogP contribution in [-0.2, 0) is 15.3 Å². The number of aryl methyl sites for hydroxylation is 1. The zero-order valence-corrected chi connectivity index (χ0v) is 10.5. The molecule has 1 fully saturated rings. The van der Waals surface area contributed by atoms with Gasteiger partial charge in [-0.2, -0.15) is 0 Å². The third-order valence-electron chi connectivity index (χ3n) is 3.15. The molecule has 88 valence electrons. The highest BCUT2D eigenvalue weighted by atomic mass is 32.2. The molecule has 0 aromatic heterocycles. The standard InChI is InChI=1S/C13H18O2S/c1-11-5-7-13(8-6-11)16(14)15-10-9-12-3-2-4-12/h5-8,12H,2-4,9-10H2,1H3. The Labute approximate surface area is 99.7 Å². The van der Waals surface area contributed by atoms with E-state index in [2.05, 4.69) is 0 Å². The van der Waals surface area contributed by atoms with Crippen LogP contribution in [0.2, 0.25) is 0 Å². The average molecular weight is 238 g/mol. The van der Waals surface area contributed by atoms with Crippen LogP contribution in [0.1, 0.15) is 31.2 Å². The van der Waals surface area contributed by atoms with Gasteiger partial charge in [-0.1, -0.05) is 37.0 Å². The van der Waals surface area contributed by atoms with Gasteiger partial charge in [0.1, 0.15) is 0 Å². The molecule has 1 unspecified atom stereocenters. The molecule has 0 heterocycles.